The number of halogens is 1. The highest BCUT2D eigenvalue weighted by molar-refractivity contribution is 14.1. The van der Waals surface area contributed by atoms with Crippen LogP contribution in [0.25, 0.3) is 0 Å². The summed E-state index contributed by atoms with van der Waals surface area (Å²) in [6.45, 7) is 2.04. The van der Waals surface area contributed by atoms with Crippen LogP contribution in [0.5, 0.6) is 5.75 Å². The van der Waals surface area contributed by atoms with Gasteiger partial charge in [-0.25, -0.2) is 4.79 Å². The molecule has 1 aromatic rings. The molecule has 2 N–H and O–H groups in total. The fourth-order valence-electron chi connectivity index (χ4n) is 1.77. The van der Waals surface area contributed by atoms with Crippen LogP contribution < -0.4 is 10.2 Å². The zero-order valence-corrected chi connectivity index (χ0v) is 12.4. The number of carbonyl (C=O) groups is 2. The number of anilines is 1. The number of carbonyl (C=O) groups excluding carboxylic acids is 2. The van der Waals surface area contributed by atoms with E-state index in [1.54, 1.807) is 12.1 Å². The highest BCUT2D eigenvalue weighted by Crippen LogP contribution is 2.28. The Morgan fingerprint density at radius 2 is 2.37 bits per heavy atom. The van der Waals surface area contributed by atoms with Crippen LogP contribution in [0.1, 0.15) is 6.92 Å². The van der Waals surface area contributed by atoms with Gasteiger partial charge in [-0.1, -0.05) is 0 Å². The molecule has 0 aliphatic carbocycles. The Morgan fingerprint density at radius 3 is 3.00 bits per heavy atom. The molecule has 1 atom stereocenters. The average Bonchev–Trinajstić information content (AvgIpc) is 2.72. The first-order valence-electron chi connectivity index (χ1n) is 5.68. The summed E-state index contributed by atoms with van der Waals surface area (Å²) in [5.74, 6) is -0.0439. The summed E-state index contributed by atoms with van der Waals surface area (Å²) in [6.07, 6.45) is -0.853. The Kier molecular flexibility index (Phi) is 4.13. The summed E-state index contributed by atoms with van der Waals surface area (Å²) in [5.41, 5.74) is 0.577. The Hall–Kier alpha value is -1.51. The van der Waals surface area contributed by atoms with Gasteiger partial charge in [-0.15, -0.1) is 0 Å². The van der Waals surface area contributed by atoms with Crippen molar-refractivity contribution in [3.63, 3.8) is 0 Å². The van der Waals surface area contributed by atoms with E-state index in [2.05, 4.69) is 5.32 Å². The molecule has 0 spiro atoms. The van der Waals surface area contributed by atoms with Gasteiger partial charge >= 0.3 is 6.09 Å². The molecule has 1 fully saturated rings. The van der Waals surface area contributed by atoms with Gasteiger partial charge in [-0.3, -0.25) is 9.69 Å². The molecule has 0 unspecified atom stereocenters. The van der Waals surface area contributed by atoms with Gasteiger partial charge in [0, 0.05) is 13.0 Å². The fraction of sp³-hybridized carbons (Fsp3) is 0.333. The third-order valence-corrected chi connectivity index (χ3v) is 3.61. The topological polar surface area (TPSA) is 78.9 Å². The van der Waals surface area contributed by atoms with E-state index < -0.39 is 6.09 Å². The Morgan fingerprint density at radius 1 is 1.63 bits per heavy atom. The maximum absolute atomic E-state index is 11.7. The number of rotatable bonds is 3. The van der Waals surface area contributed by atoms with E-state index in [0.29, 0.717) is 15.8 Å². The first-order valence-corrected chi connectivity index (χ1v) is 6.76. The number of phenolic OH excluding ortho intramolecular Hbond substituents is 1. The lowest BCUT2D eigenvalue weighted by atomic mass is 10.2. The number of hydrogen-bond donors (Lipinski definition) is 2. The molecule has 0 radical (unpaired) electrons. The normalized spacial score (nSPS) is 18.3. The second-order valence-corrected chi connectivity index (χ2v) is 5.35. The quantitative estimate of drug-likeness (QED) is 0.783. The lowest BCUT2D eigenvalue weighted by Gasteiger charge is -2.13. The fourth-order valence-corrected chi connectivity index (χ4v) is 2.10. The highest BCUT2D eigenvalue weighted by Gasteiger charge is 2.32. The minimum absolute atomic E-state index is 0.121. The van der Waals surface area contributed by atoms with Crippen molar-refractivity contribution in [2.75, 3.05) is 18.0 Å². The van der Waals surface area contributed by atoms with Gasteiger partial charge in [-0.05, 0) is 34.7 Å². The first kappa shape index (κ1) is 13.9. The number of nitrogens with one attached hydrogen (secondary N) is 1. The smallest absolute Gasteiger partial charge is 0.414 e. The van der Waals surface area contributed by atoms with Crippen molar-refractivity contribution < 1.29 is 19.4 Å². The Bertz CT molecular complexity index is 520. The SMILES string of the molecule is CC(=O)NC[C@H]1CN(c2ccc(I)c(O)c2)C(=O)O1. The number of phenols is 1. The van der Waals surface area contributed by atoms with Crippen LogP contribution in [-0.2, 0) is 9.53 Å². The summed E-state index contributed by atoms with van der Waals surface area (Å²) >= 11 is 2.00. The summed E-state index contributed by atoms with van der Waals surface area (Å²) < 4.78 is 5.85. The summed E-state index contributed by atoms with van der Waals surface area (Å²) in [6, 6.07) is 4.98. The van der Waals surface area contributed by atoms with Crippen molar-refractivity contribution in [3.05, 3.63) is 21.8 Å². The van der Waals surface area contributed by atoms with Crippen LogP contribution >= 0.6 is 22.6 Å². The molecule has 102 valence electrons. The van der Waals surface area contributed by atoms with E-state index in [0.717, 1.165) is 0 Å². The van der Waals surface area contributed by atoms with Crippen molar-refractivity contribution in [3.8, 4) is 5.75 Å². The standard InChI is InChI=1S/C12H13IN2O4/c1-7(16)14-5-9-6-15(12(18)19-9)8-2-3-10(13)11(17)4-8/h2-4,9,17H,5-6H2,1H3,(H,14,16)/t9-/m0/s1. The lowest BCUT2D eigenvalue weighted by molar-refractivity contribution is -0.119. The third kappa shape index (κ3) is 3.28. The molecule has 0 aromatic heterocycles. The average molecular weight is 376 g/mol. The maximum atomic E-state index is 11.7. The largest absolute Gasteiger partial charge is 0.507 e. The van der Waals surface area contributed by atoms with Crippen LogP contribution in [0, 0.1) is 3.57 Å². The molecule has 1 aliphatic rings. The van der Waals surface area contributed by atoms with Gasteiger partial charge < -0.3 is 15.2 Å². The minimum Gasteiger partial charge on any atom is -0.507 e. The monoisotopic (exact) mass is 376 g/mol. The molecular weight excluding hydrogens is 363 g/mol. The second-order valence-electron chi connectivity index (χ2n) is 4.19. The molecule has 1 aliphatic heterocycles. The van der Waals surface area contributed by atoms with E-state index in [4.69, 9.17) is 4.74 Å². The lowest BCUT2D eigenvalue weighted by Crippen LogP contribution is -2.33. The van der Waals surface area contributed by atoms with Crippen molar-refractivity contribution >= 4 is 40.3 Å². The molecule has 19 heavy (non-hydrogen) atoms. The minimum atomic E-state index is -0.476. The number of ether oxygens (including phenoxy) is 1. The number of hydrogen-bond acceptors (Lipinski definition) is 4. The van der Waals surface area contributed by atoms with E-state index in [9.17, 15) is 14.7 Å². The first-order chi connectivity index (χ1) is 8.97. The van der Waals surface area contributed by atoms with Gasteiger partial charge in [0.15, 0.2) is 0 Å². The number of aromatic hydroxyl groups is 1. The van der Waals surface area contributed by atoms with Gasteiger partial charge in [0.1, 0.15) is 11.9 Å². The van der Waals surface area contributed by atoms with Crippen LogP contribution in [0.4, 0.5) is 10.5 Å². The number of amides is 2. The van der Waals surface area contributed by atoms with E-state index in [-0.39, 0.29) is 24.3 Å². The molecular formula is C12H13IN2O4. The van der Waals surface area contributed by atoms with Crippen LogP contribution in [0.3, 0.4) is 0 Å². The Labute approximate surface area is 123 Å². The molecule has 2 rings (SSSR count). The van der Waals surface area contributed by atoms with Gasteiger partial charge in [0.05, 0.1) is 22.3 Å². The predicted octanol–water partition coefficient (Wildman–Crippen LogP) is 1.46. The van der Waals surface area contributed by atoms with Crippen LogP contribution in [0.15, 0.2) is 18.2 Å². The van der Waals surface area contributed by atoms with E-state index >= 15 is 0 Å². The number of benzene rings is 1. The zero-order chi connectivity index (χ0) is 14.0. The molecule has 0 bridgehead atoms. The van der Waals surface area contributed by atoms with Gasteiger partial charge in [0.25, 0.3) is 0 Å². The van der Waals surface area contributed by atoms with Crippen LogP contribution in [-0.4, -0.2) is 36.3 Å². The van der Waals surface area contributed by atoms with Gasteiger partial charge in [0.2, 0.25) is 5.91 Å². The second kappa shape index (κ2) is 5.64. The predicted molar refractivity (Wildman–Crippen MR) is 77.1 cm³/mol. The molecule has 6 nitrogen and oxygen atoms in total. The van der Waals surface area contributed by atoms with Crippen LogP contribution in [0.2, 0.25) is 0 Å². The molecule has 1 aromatic carbocycles. The van der Waals surface area contributed by atoms with Gasteiger partial charge in [-0.2, -0.15) is 0 Å². The number of nitrogens with zero attached hydrogens (tertiary/aromatic N) is 1. The van der Waals surface area contributed by atoms with Crippen molar-refractivity contribution in [2.45, 2.75) is 13.0 Å². The molecule has 0 saturated carbocycles. The highest BCUT2D eigenvalue weighted by atomic mass is 127. The zero-order valence-electron chi connectivity index (χ0n) is 10.2. The van der Waals surface area contributed by atoms with E-state index in [1.165, 1.54) is 17.9 Å². The molecule has 2 amide bonds. The van der Waals surface area contributed by atoms with Crippen molar-refractivity contribution in [1.29, 1.82) is 0 Å². The van der Waals surface area contributed by atoms with E-state index in [1.807, 2.05) is 22.6 Å². The third-order valence-electron chi connectivity index (χ3n) is 2.69. The molecule has 1 heterocycles. The summed E-state index contributed by atoms with van der Waals surface area (Å²) in [7, 11) is 0. The number of cyclic esters (lactones) is 1. The summed E-state index contributed by atoms with van der Waals surface area (Å²) in [5, 5.41) is 12.3. The van der Waals surface area contributed by atoms with Crippen molar-refractivity contribution in [2.24, 2.45) is 0 Å². The molecule has 1 saturated heterocycles. The van der Waals surface area contributed by atoms with Crippen molar-refractivity contribution in [1.82, 2.24) is 5.32 Å². The molecule has 7 heteroatoms. The summed E-state index contributed by atoms with van der Waals surface area (Å²) in [4.78, 5) is 24.0. The maximum Gasteiger partial charge on any atom is 0.414 e. The Balaban J connectivity index is 2.07.